The minimum Gasteiger partial charge on any atom is -0.293 e. The molecule has 35 heavy (non-hydrogen) atoms. The molecule has 7 heteroatoms. The van der Waals surface area contributed by atoms with Crippen LogP contribution in [0.5, 0.6) is 0 Å². The number of aromatic nitrogens is 3. The number of thiophene rings is 1. The summed E-state index contributed by atoms with van der Waals surface area (Å²) in [6.07, 6.45) is 1.73. The summed E-state index contributed by atoms with van der Waals surface area (Å²) < 4.78 is 2.33. The van der Waals surface area contributed by atoms with Crippen molar-refractivity contribution in [1.82, 2.24) is 14.5 Å². The minimum atomic E-state index is -0.0810. The van der Waals surface area contributed by atoms with E-state index in [0.29, 0.717) is 21.9 Å². The molecule has 3 heterocycles. The molecule has 0 aliphatic rings. The van der Waals surface area contributed by atoms with E-state index in [9.17, 15) is 9.59 Å². The van der Waals surface area contributed by atoms with Crippen molar-refractivity contribution in [3.05, 3.63) is 99.5 Å². The van der Waals surface area contributed by atoms with Gasteiger partial charge in [0.15, 0.2) is 10.9 Å². The lowest BCUT2D eigenvalue weighted by Gasteiger charge is -2.17. The second kappa shape index (κ2) is 9.76. The first kappa shape index (κ1) is 23.5. The van der Waals surface area contributed by atoms with Gasteiger partial charge >= 0.3 is 0 Å². The Morgan fingerprint density at radius 2 is 1.89 bits per heavy atom. The average Bonchev–Trinajstić information content (AvgIpc) is 3.25. The molecule has 1 unspecified atom stereocenters. The molecular formula is C28H25N3O2S2. The number of carbonyl (C=O) groups is 1. The Hall–Kier alpha value is -3.29. The number of pyridine rings is 1. The number of hydrogen-bond donors (Lipinski definition) is 0. The van der Waals surface area contributed by atoms with Crippen LogP contribution in [0.3, 0.4) is 0 Å². The van der Waals surface area contributed by atoms with Crippen molar-refractivity contribution in [1.29, 1.82) is 0 Å². The van der Waals surface area contributed by atoms with E-state index in [1.165, 1.54) is 23.1 Å². The van der Waals surface area contributed by atoms with Gasteiger partial charge in [0.05, 0.1) is 11.3 Å². The fourth-order valence-electron chi connectivity index (χ4n) is 4.22. The molecule has 5 rings (SSSR count). The van der Waals surface area contributed by atoms with Gasteiger partial charge in [0.25, 0.3) is 5.56 Å². The number of thioether (sulfide) groups is 1. The number of rotatable bonds is 7. The van der Waals surface area contributed by atoms with E-state index in [2.05, 4.69) is 24.0 Å². The summed E-state index contributed by atoms with van der Waals surface area (Å²) in [6.45, 7) is 6.52. The van der Waals surface area contributed by atoms with Gasteiger partial charge in [0.1, 0.15) is 9.53 Å². The molecule has 0 saturated carbocycles. The Morgan fingerprint density at radius 3 is 2.69 bits per heavy atom. The minimum absolute atomic E-state index is 0.0325. The fraction of sp³-hybridized carbons (Fsp3) is 0.214. The van der Waals surface area contributed by atoms with E-state index < -0.39 is 0 Å². The monoisotopic (exact) mass is 499 g/mol. The highest BCUT2D eigenvalue weighted by atomic mass is 32.2. The molecule has 0 spiro atoms. The molecular weight excluding hydrogens is 474 g/mol. The van der Waals surface area contributed by atoms with Gasteiger partial charge in [-0.25, -0.2) is 9.97 Å². The highest BCUT2D eigenvalue weighted by Crippen LogP contribution is 2.31. The number of ketones is 1. The maximum atomic E-state index is 13.7. The van der Waals surface area contributed by atoms with Gasteiger partial charge in [-0.05, 0) is 49.1 Å². The van der Waals surface area contributed by atoms with Crippen LogP contribution in [0.4, 0.5) is 0 Å². The van der Waals surface area contributed by atoms with Crippen LogP contribution < -0.4 is 5.56 Å². The summed E-state index contributed by atoms with van der Waals surface area (Å²) in [6, 6.07) is 19.9. The molecule has 0 amide bonds. The number of benzene rings is 2. The molecule has 0 fully saturated rings. The quantitative estimate of drug-likeness (QED) is 0.147. The van der Waals surface area contributed by atoms with Crippen LogP contribution in [0.25, 0.3) is 20.4 Å². The zero-order valence-corrected chi connectivity index (χ0v) is 21.5. The number of Topliss-reactive ketones (excluding diaryl/α,β-unsaturated/α-hetero) is 1. The second-order valence-corrected chi connectivity index (χ2v) is 10.7. The molecule has 0 aliphatic heterocycles. The first-order valence-electron chi connectivity index (χ1n) is 11.5. The fourth-order valence-corrected chi connectivity index (χ4v) is 6.13. The van der Waals surface area contributed by atoms with Crippen LogP contribution in [-0.4, -0.2) is 26.1 Å². The number of aryl methyl sites for hydroxylation is 2. The normalized spacial score (nSPS) is 12.3. The Kier molecular flexibility index (Phi) is 6.54. The number of hydrogen-bond acceptors (Lipinski definition) is 6. The third-order valence-electron chi connectivity index (χ3n) is 6.17. The molecule has 0 aliphatic carbocycles. The van der Waals surface area contributed by atoms with E-state index >= 15 is 0 Å². The number of nitrogens with zero attached hydrogens (tertiary/aromatic N) is 3. The molecule has 0 radical (unpaired) electrons. The second-order valence-electron chi connectivity index (χ2n) is 8.79. The summed E-state index contributed by atoms with van der Waals surface area (Å²) in [5, 5.41) is 1.43. The van der Waals surface area contributed by atoms with Crippen LogP contribution in [-0.2, 0) is 6.54 Å². The maximum absolute atomic E-state index is 13.7. The van der Waals surface area contributed by atoms with Gasteiger partial charge in [-0.1, -0.05) is 66.7 Å². The highest BCUT2D eigenvalue weighted by molar-refractivity contribution is 7.99. The van der Waals surface area contributed by atoms with E-state index in [1.807, 2.05) is 62.4 Å². The SMILES string of the molecule is Cc1ccc(C)c(C(=O)CSc2nc3c(sc4ncccc43)c(=O)n2CC(C)c2ccccc2)c1. The largest absolute Gasteiger partial charge is 0.293 e. The molecule has 0 saturated heterocycles. The van der Waals surface area contributed by atoms with Crippen LogP contribution in [0.15, 0.2) is 76.8 Å². The van der Waals surface area contributed by atoms with Gasteiger partial charge in [-0.2, -0.15) is 0 Å². The van der Waals surface area contributed by atoms with E-state index in [4.69, 9.17) is 4.98 Å². The van der Waals surface area contributed by atoms with Crippen molar-refractivity contribution in [3.8, 4) is 0 Å². The van der Waals surface area contributed by atoms with Gasteiger partial charge < -0.3 is 0 Å². The van der Waals surface area contributed by atoms with E-state index in [0.717, 1.165) is 32.5 Å². The van der Waals surface area contributed by atoms with Crippen molar-refractivity contribution in [2.75, 3.05) is 5.75 Å². The predicted octanol–water partition coefficient (Wildman–Crippen LogP) is 6.40. The summed E-state index contributed by atoms with van der Waals surface area (Å²) in [5.41, 5.74) is 4.45. The van der Waals surface area contributed by atoms with Crippen LogP contribution in [0, 0.1) is 13.8 Å². The predicted molar refractivity (Wildman–Crippen MR) is 145 cm³/mol. The van der Waals surface area contributed by atoms with E-state index in [1.54, 1.807) is 10.8 Å². The van der Waals surface area contributed by atoms with Crippen molar-refractivity contribution in [3.63, 3.8) is 0 Å². The van der Waals surface area contributed by atoms with Crippen molar-refractivity contribution in [2.45, 2.75) is 38.4 Å². The van der Waals surface area contributed by atoms with Gasteiger partial charge in [0, 0.05) is 23.7 Å². The van der Waals surface area contributed by atoms with Gasteiger partial charge in [0.2, 0.25) is 0 Å². The Morgan fingerprint density at radius 1 is 1.09 bits per heavy atom. The summed E-state index contributed by atoms with van der Waals surface area (Å²) >= 11 is 2.70. The summed E-state index contributed by atoms with van der Waals surface area (Å²) in [4.78, 5) is 37.0. The number of carbonyl (C=O) groups excluding carboxylic acids is 1. The molecule has 176 valence electrons. The van der Waals surface area contributed by atoms with Gasteiger partial charge in [-0.3, -0.25) is 14.2 Å². The Labute approximate surface area is 211 Å². The zero-order valence-electron chi connectivity index (χ0n) is 19.8. The first-order valence-corrected chi connectivity index (χ1v) is 13.3. The van der Waals surface area contributed by atoms with Crippen LogP contribution >= 0.6 is 23.1 Å². The lowest BCUT2D eigenvalue weighted by Crippen LogP contribution is -2.25. The van der Waals surface area contributed by atoms with Crippen molar-refractivity contribution < 1.29 is 4.79 Å². The maximum Gasteiger partial charge on any atom is 0.272 e. The molecule has 5 aromatic rings. The molecule has 0 N–H and O–H groups in total. The first-order chi connectivity index (χ1) is 16.9. The third-order valence-corrected chi connectivity index (χ3v) is 8.24. The summed E-state index contributed by atoms with van der Waals surface area (Å²) in [7, 11) is 0. The zero-order chi connectivity index (χ0) is 24.5. The third kappa shape index (κ3) is 4.66. The topological polar surface area (TPSA) is 64.8 Å². The molecule has 0 bridgehead atoms. The smallest absolute Gasteiger partial charge is 0.272 e. The van der Waals surface area contributed by atoms with E-state index in [-0.39, 0.29) is 23.0 Å². The molecule has 3 aromatic heterocycles. The van der Waals surface area contributed by atoms with Crippen molar-refractivity contribution >= 4 is 49.3 Å². The highest BCUT2D eigenvalue weighted by Gasteiger charge is 2.20. The van der Waals surface area contributed by atoms with Crippen LogP contribution in [0.1, 0.15) is 39.9 Å². The standard InChI is InChI=1S/C28H25N3O2S2/c1-17-11-12-18(2)22(14-17)23(32)16-34-28-30-24-21-10-7-13-29-26(21)35-25(24)27(33)31(28)15-19(3)20-8-5-4-6-9-20/h4-14,19H,15-16H2,1-3H3. The number of fused-ring (bicyclic) bond motifs is 3. The molecule has 1 atom stereocenters. The Bertz CT molecular complexity index is 1610. The average molecular weight is 500 g/mol. The lowest BCUT2D eigenvalue weighted by atomic mass is 10.0. The molecule has 5 nitrogen and oxygen atoms in total. The molecule has 2 aromatic carbocycles. The lowest BCUT2D eigenvalue weighted by molar-refractivity contribution is 0.102. The van der Waals surface area contributed by atoms with Gasteiger partial charge in [-0.15, -0.1) is 11.3 Å². The van der Waals surface area contributed by atoms with Crippen LogP contribution in [0.2, 0.25) is 0 Å². The Balaban J connectivity index is 1.56. The van der Waals surface area contributed by atoms with Crippen molar-refractivity contribution in [2.24, 2.45) is 0 Å². The summed E-state index contributed by atoms with van der Waals surface area (Å²) in [5.74, 6) is 0.349.